The van der Waals surface area contributed by atoms with E-state index >= 15 is 0 Å². The Hall–Kier alpha value is -0.170. The van der Waals surface area contributed by atoms with Gasteiger partial charge in [0.15, 0.2) is 0 Å². The zero-order valence-electron chi connectivity index (χ0n) is 12.6. The molecule has 1 aliphatic heterocycles. The van der Waals surface area contributed by atoms with Crippen molar-refractivity contribution in [1.29, 1.82) is 0 Å². The van der Waals surface area contributed by atoms with Crippen LogP contribution >= 0.6 is 0 Å². The average molecular weight is 303 g/mol. The number of nitrogens with two attached hydrogens (primary N) is 1. The van der Waals surface area contributed by atoms with E-state index in [0.29, 0.717) is 25.6 Å². The Balaban J connectivity index is 1.93. The minimum Gasteiger partial charge on any atom is -0.330 e. The van der Waals surface area contributed by atoms with Crippen LogP contribution in [-0.4, -0.2) is 49.8 Å². The molecule has 2 aliphatic rings. The summed E-state index contributed by atoms with van der Waals surface area (Å²) in [5.74, 6) is 0.603. The van der Waals surface area contributed by atoms with E-state index in [4.69, 9.17) is 5.73 Å². The van der Waals surface area contributed by atoms with Gasteiger partial charge in [0, 0.05) is 26.2 Å². The second-order valence-electron chi connectivity index (χ2n) is 6.24. The first-order chi connectivity index (χ1) is 9.55. The third-order valence-electron chi connectivity index (χ3n) is 4.93. The number of hydrogen-bond acceptors (Lipinski definition) is 3. The molecular weight excluding hydrogens is 274 g/mol. The molecule has 0 aromatic carbocycles. The van der Waals surface area contributed by atoms with Crippen molar-refractivity contribution in [2.24, 2.45) is 11.7 Å². The Kier molecular flexibility index (Phi) is 5.84. The van der Waals surface area contributed by atoms with E-state index in [9.17, 15) is 8.42 Å². The molecule has 2 rings (SSSR count). The molecule has 118 valence electrons. The van der Waals surface area contributed by atoms with Crippen LogP contribution in [0.5, 0.6) is 0 Å². The largest absolute Gasteiger partial charge is 0.330 e. The van der Waals surface area contributed by atoms with Gasteiger partial charge in [-0.3, -0.25) is 0 Å². The highest BCUT2D eigenvalue weighted by Gasteiger charge is 2.34. The van der Waals surface area contributed by atoms with Gasteiger partial charge in [-0.15, -0.1) is 0 Å². The molecule has 1 saturated heterocycles. The van der Waals surface area contributed by atoms with Crippen molar-refractivity contribution in [3.63, 3.8) is 0 Å². The lowest BCUT2D eigenvalue weighted by Gasteiger charge is -2.37. The Bertz CT molecular complexity index is 385. The fraction of sp³-hybridized carbons (Fsp3) is 1.00. The summed E-state index contributed by atoms with van der Waals surface area (Å²) in [5, 5.41) is 0. The lowest BCUT2D eigenvalue weighted by atomic mass is 9.95. The van der Waals surface area contributed by atoms with E-state index < -0.39 is 10.2 Å². The van der Waals surface area contributed by atoms with E-state index in [1.165, 1.54) is 6.42 Å². The van der Waals surface area contributed by atoms with Gasteiger partial charge in [-0.1, -0.05) is 19.3 Å². The van der Waals surface area contributed by atoms with Crippen molar-refractivity contribution in [3.05, 3.63) is 0 Å². The molecule has 0 amide bonds. The Morgan fingerprint density at radius 3 is 2.25 bits per heavy atom. The fourth-order valence-electron chi connectivity index (χ4n) is 3.48. The number of nitrogens with zero attached hydrogens (tertiary/aromatic N) is 2. The maximum absolute atomic E-state index is 12.7. The molecule has 2 fully saturated rings. The molecule has 6 heteroatoms. The lowest BCUT2D eigenvalue weighted by molar-refractivity contribution is 0.227. The van der Waals surface area contributed by atoms with Crippen LogP contribution in [0.15, 0.2) is 0 Å². The minimum atomic E-state index is -3.26. The van der Waals surface area contributed by atoms with E-state index in [1.807, 2.05) is 0 Å². The van der Waals surface area contributed by atoms with Gasteiger partial charge in [0.25, 0.3) is 10.2 Å². The molecule has 1 aliphatic carbocycles. The van der Waals surface area contributed by atoms with E-state index in [0.717, 1.165) is 44.9 Å². The Morgan fingerprint density at radius 2 is 1.70 bits per heavy atom. The molecule has 0 unspecified atom stereocenters. The molecule has 0 radical (unpaired) electrons. The summed E-state index contributed by atoms with van der Waals surface area (Å²) in [7, 11) is -1.50. The summed E-state index contributed by atoms with van der Waals surface area (Å²) in [5.41, 5.74) is 5.59. The zero-order chi connectivity index (χ0) is 14.6. The van der Waals surface area contributed by atoms with Crippen LogP contribution in [0.25, 0.3) is 0 Å². The second kappa shape index (κ2) is 7.20. The quantitative estimate of drug-likeness (QED) is 0.838. The molecule has 2 N–H and O–H groups in total. The molecule has 5 nitrogen and oxygen atoms in total. The average Bonchev–Trinajstić information content (AvgIpc) is 2.48. The van der Waals surface area contributed by atoms with Gasteiger partial charge >= 0.3 is 0 Å². The first-order valence-electron chi connectivity index (χ1n) is 7.99. The molecule has 0 atom stereocenters. The number of piperidine rings is 1. The maximum atomic E-state index is 12.7. The van der Waals surface area contributed by atoms with Crippen LogP contribution in [0.3, 0.4) is 0 Å². The topological polar surface area (TPSA) is 66.6 Å². The molecule has 0 aromatic heterocycles. The normalized spacial score (nSPS) is 24.4. The van der Waals surface area contributed by atoms with Gasteiger partial charge in [-0.25, -0.2) is 0 Å². The highest BCUT2D eigenvalue weighted by molar-refractivity contribution is 7.86. The maximum Gasteiger partial charge on any atom is 0.281 e. The third kappa shape index (κ3) is 3.72. The second-order valence-corrected chi connectivity index (χ2v) is 8.22. The molecule has 0 spiro atoms. The highest BCUT2D eigenvalue weighted by Crippen LogP contribution is 2.27. The van der Waals surface area contributed by atoms with Crippen molar-refractivity contribution in [3.8, 4) is 0 Å². The van der Waals surface area contributed by atoms with Gasteiger partial charge in [0.2, 0.25) is 0 Å². The Morgan fingerprint density at radius 1 is 1.10 bits per heavy atom. The fourth-order valence-corrected chi connectivity index (χ4v) is 5.10. The van der Waals surface area contributed by atoms with Gasteiger partial charge in [-0.05, 0) is 44.6 Å². The predicted molar refractivity (Wildman–Crippen MR) is 81.5 cm³/mol. The van der Waals surface area contributed by atoms with Gasteiger partial charge in [-0.2, -0.15) is 17.0 Å². The highest BCUT2D eigenvalue weighted by atomic mass is 32.2. The van der Waals surface area contributed by atoms with E-state index in [-0.39, 0.29) is 6.04 Å². The van der Waals surface area contributed by atoms with E-state index in [1.54, 1.807) is 15.7 Å². The molecule has 1 saturated carbocycles. The van der Waals surface area contributed by atoms with Crippen molar-refractivity contribution >= 4 is 10.2 Å². The van der Waals surface area contributed by atoms with Crippen LogP contribution in [0.2, 0.25) is 0 Å². The lowest BCUT2D eigenvalue weighted by Crippen LogP contribution is -2.49. The van der Waals surface area contributed by atoms with E-state index in [2.05, 4.69) is 0 Å². The molecule has 1 heterocycles. The van der Waals surface area contributed by atoms with Crippen LogP contribution in [0, 0.1) is 5.92 Å². The van der Waals surface area contributed by atoms with Crippen molar-refractivity contribution in [2.75, 3.05) is 26.7 Å². The van der Waals surface area contributed by atoms with Crippen molar-refractivity contribution in [1.82, 2.24) is 8.61 Å². The van der Waals surface area contributed by atoms with Crippen LogP contribution < -0.4 is 5.73 Å². The zero-order valence-corrected chi connectivity index (χ0v) is 13.4. The summed E-state index contributed by atoms with van der Waals surface area (Å²) in [6.07, 6.45) is 8.51. The van der Waals surface area contributed by atoms with Crippen LogP contribution in [-0.2, 0) is 10.2 Å². The first-order valence-corrected chi connectivity index (χ1v) is 9.38. The van der Waals surface area contributed by atoms with Gasteiger partial charge in [0.05, 0.1) is 0 Å². The molecule has 20 heavy (non-hydrogen) atoms. The van der Waals surface area contributed by atoms with Gasteiger partial charge in [0.1, 0.15) is 0 Å². The van der Waals surface area contributed by atoms with Crippen LogP contribution in [0.4, 0.5) is 0 Å². The van der Waals surface area contributed by atoms with Crippen LogP contribution in [0.1, 0.15) is 51.4 Å². The standard InChI is InChI=1S/C14H29N3O2S/c1-16(14-5-3-2-4-6-14)20(18,19)17-11-8-13(7-10-15)9-12-17/h13-14H,2-12,15H2,1H3. The molecule has 0 bridgehead atoms. The molecule has 0 aromatic rings. The summed E-state index contributed by atoms with van der Waals surface area (Å²) in [4.78, 5) is 0. The SMILES string of the molecule is CN(C1CCCCC1)S(=O)(=O)N1CCC(CCN)CC1. The summed E-state index contributed by atoms with van der Waals surface area (Å²) >= 11 is 0. The summed E-state index contributed by atoms with van der Waals surface area (Å²) in [6.45, 7) is 2.02. The minimum absolute atomic E-state index is 0.204. The van der Waals surface area contributed by atoms with Gasteiger partial charge < -0.3 is 5.73 Å². The van der Waals surface area contributed by atoms with Crippen molar-refractivity contribution < 1.29 is 8.42 Å². The molecular formula is C14H29N3O2S. The number of rotatable bonds is 5. The Labute approximate surface area is 123 Å². The smallest absolute Gasteiger partial charge is 0.281 e. The summed E-state index contributed by atoms with van der Waals surface area (Å²) < 4.78 is 28.7. The van der Waals surface area contributed by atoms with Crippen molar-refractivity contribution in [2.45, 2.75) is 57.4 Å². The number of hydrogen-bond donors (Lipinski definition) is 1. The predicted octanol–water partition coefficient (Wildman–Crippen LogP) is 1.56. The summed E-state index contributed by atoms with van der Waals surface area (Å²) in [6, 6.07) is 0.204. The third-order valence-corrected chi connectivity index (χ3v) is 6.97. The first kappa shape index (κ1) is 16.2. The monoisotopic (exact) mass is 303 g/mol.